The third-order valence-electron chi connectivity index (χ3n) is 3.73. The molecule has 0 bridgehead atoms. The van der Waals surface area contributed by atoms with Crippen LogP contribution >= 0.6 is 0 Å². The Morgan fingerprint density at radius 3 is 2.23 bits per heavy atom. The number of benzene rings is 2. The molecule has 26 heavy (non-hydrogen) atoms. The Morgan fingerprint density at radius 2 is 1.62 bits per heavy atom. The van der Waals surface area contributed by atoms with Crippen molar-refractivity contribution in [1.29, 1.82) is 0 Å². The van der Waals surface area contributed by atoms with Gasteiger partial charge in [-0.15, -0.1) is 0 Å². The number of nitrogens with zero attached hydrogens (tertiary/aromatic N) is 1. The molecule has 0 spiro atoms. The van der Waals surface area contributed by atoms with Crippen LogP contribution in [-0.2, 0) is 9.53 Å². The standard InChI is InChI=1S/C20H18N2O4/c1-25-19(23)14-26-18-10-6-16(7-11-18)21-20(24)15-4-8-17(9-5-15)22-12-2-3-13-22/h2-13H,14H2,1H3,(H,21,24). The summed E-state index contributed by atoms with van der Waals surface area (Å²) in [5, 5.41) is 2.82. The molecule has 3 rings (SSSR count). The highest BCUT2D eigenvalue weighted by molar-refractivity contribution is 6.04. The maximum absolute atomic E-state index is 12.3. The molecule has 132 valence electrons. The van der Waals surface area contributed by atoms with Crippen molar-refractivity contribution in [2.45, 2.75) is 0 Å². The predicted octanol–water partition coefficient (Wildman–Crippen LogP) is 3.28. The number of methoxy groups -OCH3 is 1. The molecule has 0 aliphatic heterocycles. The van der Waals surface area contributed by atoms with E-state index in [9.17, 15) is 9.59 Å². The summed E-state index contributed by atoms with van der Waals surface area (Å²) < 4.78 is 11.7. The van der Waals surface area contributed by atoms with Crippen molar-refractivity contribution in [3.63, 3.8) is 0 Å². The van der Waals surface area contributed by atoms with Crippen molar-refractivity contribution in [1.82, 2.24) is 4.57 Å². The van der Waals surface area contributed by atoms with Crippen LogP contribution in [0, 0.1) is 0 Å². The number of hydrogen-bond donors (Lipinski definition) is 1. The van der Waals surface area contributed by atoms with Gasteiger partial charge in [0, 0.05) is 29.3 Å². The van der Waals surface area contributed by atoms with Crippen LogP contribution in [-0.4, -0.2) is 30.2 Å². The van der Waals surface area contributed by atoms with E-state index in [0.717, 1.165) is 5.69 Å². The minimum Gasteiger partial charge on any atom is -0.482 e. The Bertz CT molecular complexity index is 869. The Morgan fingerprint density at radius 1 is 0.962 bits per heavy atom. The number of aromatic nitrogens is 1. The van der Waals surface area contributed by atoms with E-state index in [4.69, 9.17) is 4.74 Å². The molecule has 6 heteroatoms. The van der Waals surface area contributed by atoms with E-state index in [-0.39, 0.29) is 12.5 Å². The maximum Gasteiger partial charge on any atom is 0.343 e. The molecule has 0 aliphatic carbocycles. The van der Waals surface area contributed by atoms with Gasteiger partial charge < -0.3 is 19.4 Å². The number of amides is 1. The van der Waals surface area contributed by atoms with Gasteiger partial charge in [0.25, 0.3) is 5.91 Å². The Balaban J connectivity index is 1.60. The number of hydrogen-bond acceptors (Lipinski definition) is 4. The molecule has 1 amide bonds. The Kier molecular flexibility index (Phi) is 5.34. The molecule has 0 atom stereocenters. The molecule has 3 aromatic rings. The second kappa shape index (κ2) is 8.02. The first-order valence-electron chi connectivity index (χ1n) is 8.00. The van der Waals surface area contributed by atoms with Gasteiger partial charge in [-0.1, -0.05) is 0 Å². The Hall–Kier alpha value is -3.54. The van der Waals surface area contributed by atoms with Crippen molar-refractivity contribution in [2.24, 2.45) is 0 Å². The van der Waals surface area contributed by atoms with Gasteiger partial charge >= 0.3 is 5.97 Å². The molecular weight excluding hydrogens is 332 g/mol. The molecule has 0 unspecified atom stereocenters. The molecular formula is C20H18N2O4. The molecule has 0 aliphatic rings. The monoisotopic (exact) mass is 350 g/mol. The minimum absolute atomic E-state index is 0.157. The summed E-state index contributed by atoms with van der Waals surface area (Å²) in [4.78, 5) is 23.4. The largest absolute Gasteiger partial charge is 0.482 e. The van der Waals surface area contributed by atoms with E-state index in [2.05, 4.69) is 10.1 Å². The van der Waals surface area contributed by atoms with E-state index in [0.29, 0.717) is 17.0 Å². The van der Waals surface area contributed by atoms with Crippen LogP contribution in [0.5, 0.6) is 5.75 Å². The van der Waals surface area contributed by atoms with Crippen LogP contribution in [0.2, 0.25) is 0 Å². The van der Waals surface area contributed by atoms with Crippen molar-refractivity contribution < 1.29 is 19.1 Å². The molecule has 1 aromatic heterocycles. The average molecular weight is 350 g/mol. The first-order valence-corrected chi connectivity index (χ1v) is 8.00. The smallest absolute Gasteiger partial charge is 0.343 e. The van der Waals surface area contributed by atoms with Crippen LogP contribution < -0.4 is 10.1 Å². The lowest BCUT2D eigenvalue weighted by molar-refractivity contribution is -0.142. The second-order valence-corrected chi connectivity index (χ2v) is 5.48. The predicted molar refractivity (Wildman–Crippen MR) is 97.7 cm³/mol. The van der Waals surface area contributed by atoms with Gasteiger partial charge in [-0.25, -0.2) is 4.79 Å². The fourth-order valence-electron chi connectivity index (χ4n) is 2.33. The lowest BCUT2D eigenvalue weighted by Gasteiger charge is -2.08. The van der Waals surface area contributed by atoms with E-state index >= 15 is 0 Å². The van der Waals surface area contributed by atoms with Crippen LogP contribution in [0.4, 0.5) is 5.69 Å². The summed E-state index contributed by atoms with van der Waals surface area (Å²) >= 11 is 0. The quantitative estimate of drug-likeness (QED) is 0.693. The highest BCUT2D eigenvalue weighted by Crippen LogP contribution is 2.17. The zero-order valence-corrected chi connectivity index (χ0v) is 14.2. The number of esters is 1. The first-order chi connectivity index (χ1) is 12.7. The molecule has 0 saturated heterocycles. The van der Waals surface area contributed by atoms with E-state index in [1.165, 1.54) is 7.11 Å². The van der Waals surface area contributed by atoms with E-state index < -0.39 is 5.97 Å². The molecule has 6 nitrogen and oxygen atoms in total. The number of anilines is 1. The zero-order chi connectivity index (χ0) is 18.4. The van der Waals surface area contributed by atoms with Crippen molar-refractivity contribution >= 4 is 17.6 Å². The van der Waals surface area contributed by atoms with Gasteiger partial charge in [-0.05, 0) is 60.7 Å². The lowest BCUT2D eigenvalue weighted by atomic mass is 10.2. The van der Waals surface area contributed by atoms with Gasteiger partial charge in [0.1, 0.15) is 5.75 Å². The van der Waals surface area contributed by atoms with Crippen LogP contribution in [0.3, 0.4) is 0 Å². The van der Waals surface area contributed by atoms with Crippen LogP contribution in [0.15, 0.2) is 73.1 Å². The average Bonchev–Trinajstić information content (AvgIpc) is 3.22. The number of ether oxygens (including phenoxy) is 2. The summed E-state index contributed by atoms with van der Waals surface area (Å²) in [5.74, 6) is -0.137. The summed E-state index contributed by atoms with van der Waals surface area (Å²) in [5.41, 5.74) is 2.18. The van der Waals surface area contributed by atoms with Crippen LogP contribution in [0.1, 0.15) is 10.4 Å². The molecule has 0 radical (unpaired) electrons. The first kappa shape index (κ1) is 17.3. The highest BCUT2D eigenvalue weighted by Gasteiger charge is 2.07. The maximum atomic E-state index is 12.3. The van der Waals surface area contributed by atoms with Gasteiger partial charge in [0.15, 0.2) is 6.61 Å². The summed E-state index contributed by atoms with van der Waals surface area (Å²) in [7, 11) is 1.30. The highest BCUT2D eigenvalue weighted by atomic mass is 16.6. The Labute approximate surface area is 151 Å². The summed E-state index contributed by atoms with van der Waals surface area (Å²) in [6.07, 6.45) is 3.89. The fraction of sp³-hybridized carbons (Fsp3) is 0.100. The zero-order valence-electron chi connectivity index (χ0n) is 14.2. The second-order valence-electron chi connectivity index (χ2n) is 5.48. The number of carbonyl (C=O) groups is 2. The summed E-state index contributed by atoms with van der Waals surface area (Å²) in [6, 6.07) is 18.0. The number of carbonyl (C=O) groups excluding carboxylic acids is 2. The third kappa shape index (κ3) is 4.30. The lowest BCUT2D eigenvalue weighted by Crippen LogP contribution is -2.13. The summed E-state index contributed by atoms with van der Waals surface area (Å²) in [6.45, 7) is -0.157. The topological polar surface area (TPSA) is 69.6 Å². The molecule has 1 N–H and O–H groups in total. The van der Waals surface area contributed by atoms with Gasteiger partial charge in [-0.3, -0.25) is 4.79 Å². The van der Waals surface area contributed by atoms with Gasteiger partial charge in [0.2, 0.25) is 0 Å². The third-order valence-corrected chi connectivity index (χ3v) is 3.73. The van der Waals surface area contributed by atoms with Gasteiger partial charge in [-0.2, -0.15) is 0 Å². The fourth-order valence-corrected chi connectivity index (χ4v) is 2.33. The van der Waals surface area contributed by atoms with Gasteiger partial charge in [0.05, 0.1) is 7.11 Å². The van der Waals surface area contributed by atoms with E-state index in [1.807, 2.05) is 41.2 Å². The van der Waals surface area contributed by atoms with Crippen molar-refractivity contribution in [3.05, 3.63) is 78.6 Å². The minimum atomic E-state index is -0.453. The SMILES string of the molecule is COC(=O)COc1ccc(NC(=O)c2ccc(-n3cccc3)cc2)cc1. The van der Waals surface area contributed by atoms with Crippen LogP contribution in [0.25, 0.3) is 5.69 Å². The number of rotatable bonds is 6. The molecule has 2 aromatic carbocycles. The molecule has 0 fully saturated rings. The molecule has 0 saturated carbocycles. The van der Waals surface area contributed by atoms with Crippen molar-refractivity contribution in [3.8, 4) is 11.4 Å². The van der Waals surface area contributed by atoms with E-state index in [1.54, 1.807) is 36.4 Å². The molecule has 1 heterocycles. The number of nitrogens with one attached hydrogen (secondary N) is 1. The van der Waals surface area contributed by atoms with Crippen molar-refractivity contribution in [2.75, 3.05) is 19.0 Å². The normalized spacial score (nSPS) is 10.2.